The highest BCUT2D eigenvalue weighted by Crippen LogP contribution is 2.30. The van der Waals surface area contributed by atoms with Crippen molar-refractivity contribution in [2.24, 2.45) is 0 Å². The van der Waals surface area contributed by atoms with E-state index in [-0.39, 0.29) is 49.2 Å². The van der Waals surface area contributed by atoms with Crippen LogP contribution >= 0.6 is 0 Å². The number of hydrogen-bond donors (Lipinski definition) is 3. The number of aliphatic hydroxyl groups excluding tert-OH is 1. The first-order valence-electron chi connectivity index (χ1n) is 10.4. The second-order valence-corrected chi connectivity index (χ2v) is 7.98. The molecule has 0 saturated carbocycles. The molecule has 1 aliphatic heterocycles. The number of phenols is 2. The average molecular weight is 468 g/mol. The Balaban J connectivity index is 2.02. The number of aliphatic hydroxyl groups is 1. The highest BCUT2D eigenvalue weighted by atomic mass is 16.6. The third kappa shape index (κ3) is 8.26. The van der Waals surface area contributed by atoms with Crippen molar-refractivity contribution in [2.75, 3.05) is 6.61 Å². The topological polar surface area (TPSA) is 166 Å². The Labute approximate surface area is 190 Å². The van der Waals surface area contributed by atoms with Crippen LogP contribution in [0.5, 0.6) is 11.5 Å². The largest absolute Gasteiger partial charge is 0.508 e. The van der Waals surface area contributed by atoms with Crippen LogP contribution in [0.1, 0.15) is 56.0 Å². The normalized spacial score (nSPS) is 18.1. The molecule has 182 valence electrons. The molecule has 3 N–H and O–H groups in total. The number of ether oxygens (including phenoxy) is 4. The summed E-state index contributed by atoms with van der Waals surface area (Å²) in [5.41, 5.74) is -0.0903. The van der Waals surface area contributed by atoms with Gasteiger partial charge >= 0.3 is 23.9 Å². The van der Waals surface area contributed by atoms with Crippen molar-refractivity contribution in [3.8, 4) is 11.5 Å². The summed E-state index contributed by atoms with van der Waals surface area (Å²) < 4.78 is 20.2. The lowest BCUT2D eigenvalue weighted by atomic mass is 10.00. The Kier molecular flexibility index (Phi) is 9.03. The molecule has 0 radical (unpaired) electrons. The average Bonchev–Trinajstić information content (AvgIpc) is 3.04. The van der Waals surface area contributed by atoms with Crippen molar-refractivity contribution >= 4 is 23.9 Å². The summed E-state index contributed by atoms with van der Waals surface area (Å²) in [6, 6.07) is 2.19. The molecule has 0 amide bonds. The maximum atomic E-state index is 12.7. The Morgan fingerprint density at radius 3 is 2.36 bits per heavy atom. The molecule has 2 rings (SSSR count). The lowest BCUT2D eigenvalue weighted by molar-refractivity contribution is -0.151. The van der Waals surface area contributed by atoms with E-state index in [1.807, 2.05) is 0 Å². The van der Waals surface area contributed by atoms with E-state index >= 15 is 0 Å². The lowest BCUT2D eigenvalue weighted by Crippen LogP contribution is -2.25. The van der Waals surface area contributed by atoms with Gasteiger partial charge in [0.05, 0.1) is 25.4 Å². The summed E-state index contributed by atoms with van der Waals surface area (Å²) in [6.07, 6.45) is -3.81. The number of benzene rings is 1. The number of cyclic esters (lactones) is 1. The fourth-order valence-electron chi connectivity index (χ4n) is 3.25. The Bertz CT molecular complexity index is 893. The van der Waals surface area contributed by atoms with Gasteiger partial charge in [-0.25, -0.2) is 4.79 Å². The molecule has 11 heteroatoms. The van der Waals surface area contributed by atoms with Gasteiger partial charge < -0.3 is 34.3 Å². The summed E-state index contributed by atoms with van der Waals surface area (Å²) >= 11 is 0. The van der Waals surface area contributed by atoms with Crippen molar-refractivity contribution < 1.29 is 53.4 Å². The molecule has 4 atom stereocenters. The second-order valence-electron chi connectivity index (χ2n) is 7.98. The minimum atomic E-state index is -0.954. The monoisotopic (exact) mass is 468 g/mol. The Morgan fingerprint density at radius 2 is 1.76 bits per heavy atom. The molecule has 1 saturated heterocycles. The van der Waals surface area contributed by atoms with Crippen molar-refractivity contribution in [1.29, 1.82) is 0 Å². The molecule has 33 heavy (non-hydrogen) atoms. The van der Waals surface area contributed by atoms with Crippen LogP contribution in [0.2, 0.25) is 0 Å². The van der Waals surface area contributed by atoms with E-state index in [1.54, 1.807) is 6.92 Å². The van der Waals surface area contributed by atoms with Gasteiger partial charge in [-0.15, -0.1) is 0 Å². The van der Waals surface area contributed by atoms with Crippen molar-refractivity contribution in [2.45, 2.75) is 70.9 Å². The summed E-state index contributed by atoms with van der Waals surface area (Å²) in [4.78, 5) is 47.5. The predicted octanol–water partition coefficient (Wildman–Crippen LogP) is 1.14. The number of hydrogen-bond acceptors (Lipinski definition) is 11. The van der Waals surface area contributed by atoms with Crippen LogP contribution in [0, 0.1) is 0 Å². The molecule has 0 aromatic heterocycles. The maximum absolute atomic E-state index is 12.7. The van der Waals surface area contributed by atoms with E-state index in [0.29, 0.717) is 0 Å². The number of phenolic OH excluding ortho intramolecular Hbond substituents is 2. The van der Waals surface area contributed by atoms with Crippen molar-refractivity contribution in [3.63, 3.8) is 0 Å². The van der Waals surface area contributed by atoms with E-state index < -0.39 is 54.0 Å². The molecule has 0 bridgehead atoms. The SMILES string of the molecule is CC(O)CC(=O)OC(C)Cc1cc(O)cc(O)c1C(=O)OC(C)CC(=O)OC1COC(=O)C1. The zero-order valence-corrected chi connectivity index (χ0v) is 18.6. The van der Waals surface area contributed by atoms with Crippen LogP contribution in [0.25, 0.3) is 0 Å². The highest BCUT2D eigenvalue weighted by Gasteiger charge is 2.29. The quantitative estimate of drug-likeness (QED) is 0.333. The first-order chi connectivity index (χ1) is 15.4. The molecule has 1 aromatic carbocycles. The summed E-state index contributed by atoms with van der Waals surface area (Å²) in [7, 11) is 0. The summed E-state index contributed by atoms with van der Waals surface area (Å²) in [6.45, 7) is 4.41. The van der Waals surface area contributed by atoms with Crippen molar-refractivity contribution in [1.82, 2.24) is 0 Å². The van der Waals surface area contributed by atoms with Crippen LogP contribution in [0.4, 0.5) is 0 Å². The van der Waals surface area contributed by atoms with Gasteiger partial charge in [0, 0.05) is 12.5 Å². The molecule has 11 nitrogen and oxygen atoms in total. The zero-order chi connectivity index (χ0) is 24.7. The number of esters is 4. The van der Waals surface area contributed by atoms with Crippen LogP contribution in [-0.2, 0) is 39.8 Å². The first kappa shape index (κ1) is 25.9. The fourth-order valence-corrected chi connectivity index (χ4v) is 3.25. The van der Waals surface area contributed by atoms with Gasteiger partial charge in [0.2, 0.25) is 0 Å². The Morgan fingerprint density at radius 1 is 1.06 bits per heavy atom. The van der Waals surface area contributed by atoms with Gasteiger partial charge in [0.1, 0.15) is 42.0 Å². The number of carbonyl (C=O) groups excluding carboxylic acids is 4. The van der Waals surface area contributed by atoms with Gasteiger partial charge in [-0.05, 0) is 32.4 Å². The van der Waals surface area contributed by atoms with Gasteiger partial charge in [0.25, 0.3) is 0 Å². The first-order valence-corrected chi connectivity index (χ1v) is 10.4. The number of aromatic hydroxyl groups is 2. The number of carbonyl (C=O) groups is 4. The molecule has 0 aliphatic carbocycles. The minimum Gasteiger partial charge on any atom is -0.508 e. The molecule has 1 fully saturated rings. The Hall–Kier alpha value is -3.34. The molecular formula is C22H28O11. The van der Waals surface area contributed by atoms with Gasteiger partial charge in [-0.2, -0.15) is 0 Å². The third-order valence-electron chi connectivity index (χ3n) is 4.58. The standard InChI is InChI=1S/C22H28O11/c1-11(23)4-19(27)31-12(2)5-14-7-15(24)8-17(25)21(14)22(29)32-13(3)6-20(28)33-16-9-18(26)30-10-16/h7-8,11-13,16,23-25H,4-6,9-10H2,1-3H3. The molecule has 0 spiro atoms. The van der Waals surface area contributed by atoms with Crippen molar-refractivity contribution in [3.05, 3.63) is 23.3 Å². The number of rotatable bonds is 10. The zero-order valence-electron chi connectivity index (χ0n) is 18.6. The van der Waals surface area contributed by atoms with E-state index in [4.69, 9.17) is 18.9 Å². The minimum absolute atomic E-state index is 0.0243. The van der Waals surface area contributed by atoms with Crippen LogP contribution in [0.3, 0.4) is 0 Å². The van der Waals surface area contributed by atoms with E-state index in [9.17, 15) is 34.5 Å². The van der Waals surface area contributed by atoms with Crippen LogP contribution in [0.15, 0.2) is 12.1 Å². The molecule has 1 aliphatic rings. The third-order valence-corrected chi connectivity index (χ3v) is 4.58. The molecule has 1 heterocycles. The second kappa shape index (κ2) is 11.5. The van der Waals surface area contributed by atoms with E-state index in [1.165, 1.54) is 19.9 Å². The molecular weight excluding hydrogens is 440 g/mol. The van der Waals surface area contributed by atoms with Gasteiger partial charge in [-0.1, -0.05) is 0 Å². The van der Waals surface area contributed by atoms with Gasteiger partial charge in [-0.3, -0.25) is 14.4 Å². The predicted molar refractivity (Wildman–Crippen MR) is 110 cm³/mol. The molecule has 1 aromatic rings. The van der Waals surface area contributed by atoms with E-state index in [2.05, 4.69) is 0 Å². The smallest absolute Gasteiger partial charge is 0.342 e. The van der Waals surface area contributed by atoms with Crippen LogP contribution < -0.4 is 0 Å². The highest BCUT2D eigenvalue weighted by molar-refractivity contribution is 5.94. The summed E-state index contributed by atoms with van der Waals surface area (Å²) in [5.74, 6) is -3.61. The van der Waals surface area contributed by atoms with Gasteiger partial charge in [0.15, 0.2) is 0 Å². The fraction of sp³-hybridized carbons (Fsp3) is 0.545. The van der Waals surface area contributed by atoms with E-state index in [0.717, 1.165) is 6.07 Å². The van der Waals surface area contributed by atoms with Crippen LogP contribution in [-0.4, -0.2) is 70.2 Å². The summed E-state index contributed by atoms with van der Waals surface area (Å²) in [5, 5.41) is 29.3. The maximum Gasteiger partial charge on any atom is 0.342 e. The molecule has 4 unspecified atom stereocenters. The lowest BCUT2D eigenvalue weighted by Gasteiger charge is -2.19.